The summed E-state index contributed by atoms with van der Waals surface area (Å²) in [5, 5.41) is 7.22. The molecule has 12 heavy (non-hydrogen) atoms. The van der Waals surface area contributed by atoms with Crippen molar-refractivity contribution in [1.82, 2.24) is 15.5 Å². The van der Waals surface area contributed by atoms with Crippen LogP contribution in [0.4, 0.5) is 0 Å². The van der Waals surface area contributed by atoms with E-state index in [1.807, 2.05) is 18.7 Å². The zero-order chi connectivity index (χ0) is 8.39. The number of aryl methyl sites for hydroxylation is 1. The molecule has 0 amide bonds. The first-order chi connectivity index (χ1) is 5.86. The van der Waals surface area contributed by atoms with Crippen LogP contribution in [-0.2, 0) is 0 Å². The predicted molar refractivity (Wildman–Crippen MR) is 47.1 cm³/mol. The normalized spacial score (nSPS) is 24.2. The fraction of sp³-hybridized carbons (Fsp3) is 0.714. The molecule has 0 radical (unpaired) electrons. The number of rotatable bonds is 1. The van der Waals surface area contributed by atoms with Crippen LogP contribution in [0, 0.1) is 6.92 Å². The maximum absolute atomic E-state index is 4.91. The molecule has 0 aromatic carbocycles. The van der Waals surface area contributed by atoms with E-state index in [1.165, 1.54) is 5.75 Å². The van der Waals surface area contributed by atoms with Gasteiger partial charge in [0.25, 0.3) is 0 Å². The van der Waals surface area contributed by atoms with Gasteiger partial charge in [-0.3, -0.25) is 0 Å². The van der Waals surface area contributed by atoms with Crippen LogP contribution in [0.1, 0.15) is 17.8 Å². The minimum Gasteiger partial charge on any atom is -0.340 e. The molecule has 5 heteroatoms. The Kier molecular flexibility index (Phi) is 2.32. The van der Waals surface area contributed by atoms with Crippen molar-refractivity contribution in [3.05, 3.63) is 11.7 Å². The van der Waals surface area contributed by atoms with Crippen molar-refractivity contribution in [2.24, 2.45) is 0 Å². The Balaban J connectivity index is 2.08. The van der Waals surface area contributed by atoms with Crippen molar-refractivity contribution >= 4 is 11.8 Å². The third-order valence-corrected chi connectivity index (χ3v) is 2.84. The third-order valence-electron chi connectivity index (χ3n) is 1.78. The highest BCUT2D eigenvalue weighted by atomic mass is 32.2. The first-order valence-corrected chi connectivity index (χ1v) is 5.13. The van der Waals surface area contributed by atoms with Gasteiger partial charge < -0.3 is 9.84 Å². The first kappa shape index (κ1) is 8.07. The van der Waals surface area contributed by atoms with Gasteiger partial charge in [-0.15, -0.1) is 0 Å². The maximum atomic E-state index is 4.91. The van der Waals surface area contributed by atoms with E-state index in [0.717, 1.165) is 18.1 Å². The Bertz CT molecular complexity index is 257. The van der Waals surface area contributed by atoms with Crippen LogP contribution in [0.15, 0.2) is 4.52 Å². The molecule has 0 spiro atoms. The molecule has 1 aliphatic heterocycles. The van der Waals surface area contributed by atoms with E-state index in [2.05, 4.69) is 15.5 Å². The quantitative estimate of drug-likeness (QED) is 0.700. The average molecular weight is 185 g/mol. The van der Waals surface area contributed by atoms with Gasteiger partial charge in [-0.25, -0.2) is 0 Å². The summed E-state index contributed by atoms with van der Waals surface area (Å²) in [5.41, 5.74) is 0. The number of hydrogen-bond acceptors (Lipinski definition) is 5. The summed E-state index contributed by atoms with van der Waals surface area (Å²) in [5.74, 6) is 3.65. The molecule has 4 nitrogen and oxygen atoms in total. The molecule has 1 unspecified atom stereocenters. The van der Waals surface area contributed by atoms with Crippen LogP contribution in [0.2, 0.25) is 0 Å². The molecule has 2 rings (SSSR count). The minimum absolute atomic E-state index is 0.279. The Morgan fingerprint density at radius 3 is 3.17 bits per heavy atom. The number of nitrogens with one attached hydrogen (secondary N) is 1. The fourth-order valence-corrected chi connectivity index (χ4v) is 2.12. The van der Waals surface area contributed by atoms with E-state index in [-0.39, 0.29) is 6.04 Å². The van der Waals surface area contributed by atoms with E-state index in [4.69, 9.17) is 4.52 Å². The van der Waals surface area contributed by atoms with Crippen LogP contribution < -0.4 is 5.32 Å². The molecule has 0 aliphatic carbocycles. The van der Waals surface area contributed by atoms with Crippen LogP contribution in [0.3, 0.4) is 0 Å². The average Bonchev–Trinajstić information content (AvgIpc) is 2.54. The van der Waals surface area contributed by atoms with E-state index in [9.17, 15) is 0 Å². The van der Waals surface area contributed by atoms with Gasteiger partial charge in [-0.2, -0.15) is 16.7 Å². The molecule has 1 aromatic heterocycles. The SMILES string of the molecule is Cc1nc(C2CSCCN2)no1. The molecule has 1 N–H and O–H groups in total. The summed E-state index contributed by atoms with van der Waals surface area (Å²) in [7, 11) is 0. The van der Waals surface area contributed by atoms with Crippen molar-refractivity contribution in [3.8, 4) is 0 Å². The van der Waals surface area contributed by atoms with Crippen LogP contribution in [0.25, 0.3) is 0 Å². The second-order valence-electron chi connectivity index (χ2n) is 2.75. The Hall–Kier alpha value is -0.550. The summed E-state index contributed by atoms with van der Waals surface area (Å²) in [4.78, 5) is 4.18. The lowest BCUT2D eigenvalue weighted by Crippen LogP contribution is -2.30. The lowest BCUT2D eigenvalue weighted by molar-refractivity contribution is 0.380. The summed E-state index contributed by atoms with van der Waals surface area (Å²) in [6.07, 6.45) is 0. The van der Waals surface area contributed by atoms with Crippen LogP contribution >= 0.6 is 11.8 Å². The molecule has 1 fully saturated rings. The van der Waals surface area contributed by atoms with Crippen molar-refractivity contribution < 1.29 is 4.52 Å². The van der Waals surface area contributed by atoms with E-state index < -0.39 is 0 Å². The lowest BCUT2D eigenvalue weighted by Gasteiger charge is -2.19. The summed E-state index contributed by atoms with van der Waals surface area (Å²) >= 11 is 1.92. The smallest absolute Gasteiger partial charge is 0.223 e. The van der Waals surface area contributed by atoms with Gasteiger partial charge >= 0.3 is 0 Å². The molecule has 66 valence electrons. The third kappa shape index (κ3) is 1.61. The van der Waals surface area contributed by atoms with Crippen molar-refractivity contribution in [1.29, 1.82) is 0 Å². The van der Waals surface area contributed by atoms with Gasteiger partial charge in [-0.05, 0) is 0 Å². The highest BCUT2D eigenvalue weighted by molar-refractivity contribution is 7.99. The van der Waals surface area contributed by atoms with Crippen molar-refractivity contribution in [3.63, 3.8) is 0 Å². The van der Waals surface area contributed by atoms with Crippen molar-refractivity contribution in [2.75, 3.05) is 18.1 Å². The molecular weight excluding hydrogens is 174 g/mol. The highest BCUT2D eigenvalue weighted by Crippen LogP contribution is 2.18. The number of nitrogens with zero attached hydrogens (tertiary/aromatic N) is 2. The summed E-state index contributed by atoms with van der Waals surface area (Å²) in [6, 6.07) is 0.279. The van der Waals surface area contributed by atoms with E-state index >= 15 is 0 Å². The molecule has 1 saturated heterocycles. The van der Waals surface area contributed by atoms with Crippen molar-refractivity contribution in [2.45, 2.75) is 13.0 Å². The zero-order valence-electron chi connectivity index (χ0n) is 6.91. The largest absolute Gasteiger partial charge is 0.340 e. The van der Waals surface area contributed by atoms with Gasteiger partial charge in [0.2, 0.25) is 5.89 Å². The number of hydrogen-bond donors (Lipinski definition) is 1. The molecular formula is C7H11N3OS. The molecule has 1 aliphatic rings. The lowest BCUT2D eigenvalue weighted by atomic mass is 10.3. The summed E-state index contributed by atoms with van der Waals surface area (Å²) in [6.45, 7) is 2.84. The van der Waals surface area contributed by atoms with E-state index in [1.54, 1.807) is 0 Å². The fourth-order valence-electron chi connectivity index (χ4n) is 1.19. The standard InChI is InChI=1S/C7H11N3OS/c1-5-9-7(10-11-5)6-4-12-3-2-8-6/h6,8H,2-4H2,1H3. The van der Waals surface area contributed by atoms with Gasteiger partial charge in [-0.1, -0.05) is 5.16 Å². The van der Waals surface area contributed by atoms with Gasteiger partial charge in [0, 0.05) is 25.0 Å². The molecule has 0 bridgehead atoms. The Morgan fingerprint density at radius 1 is 1.67 bits per heavy atom. The molecule has 2 heterocycles. The second-order valence-corrected chi connectivity index (χ2v) is 3.90. The summed E-state index contributed by atoms with van der Waals surface area (Å²) < 4.78 is 4.91. The zero-order valence-corrected chi connectivity index (χ0v) is 7.73. The monoisotopic (exact) mass is 185 g/mol. The molecule has 1 atom stereocenters. The van der Waals surface area contributed by atoms with Gasteiger partial charge in [0.05, 0.1) is 6.04 Å². The van der Waals surface area contributed by atoms with E-state index in [0.29, 0.717) is 5.89 Å². The maximum Gasteiger partial charge on any atom is 0.223 e. The predicted octanol–water partition coefficient (Wildman–Crippen LogP) is 0.756. The molecule has 0 saturated carbocycles. The second kappa shape index (κ2) is 3.45. The Labute approximate surface area is 75.1 Å². The first-order valence-electron chi connectivity index (χ1n) is 3.97. The van der Waals surface area contributed by atoms with Crippen LogP contribution in [0.5, 0.6) is 0 Å². The molecule has 1 aromatic rings. The minimum atomic E-state index is 0.279. The Morgan fingerprint density at radius 2 is 2.58 bits per heavy atom. The highest BCUT2D eigenvalue weighted by Gasteiger charge is 2.19. The number of aromatic nitrogens is 2. The number of thioether (sulfide) groups is 1. The van der Waals surface area contributed by atoms with Gasteiger partial charge in [0.15, 0.2) is 5.82 Å². The topological polar surface area (TPSA) is 51.0 Å². The van der Waals surface area contributed by atoms with Crippen LogP contribution in [-0.4, -0.2) is 28.2 Å². The van der Waals surface area contributed by atoms with Gasteiger partial charge in [0.1, 0.15) is 0 Å².